The molecule has 6 nitrogen and oxygen atoms in total. The van der Waals surface area contributed by atoms with Crippen molar-refractivity contribution in [2.24, 2.45) is 0 Å². The number of benzene rings is 3. The summed E-state index contributed by atoms with van der Waals surface area (Å²) in [6, 6.07) is 20.4. The average molecular weight is 404 g/mol. The van der Waals surface area contributed by atoms with Crippen LogP contribution in [0.3, 0.4) is 0 Å². The molecule has 1 N–H and O–H groups in total. The molecule has 0 aromatic heterocycles. The summed E-state index contributed by atoms with van der Waals surface area (Å²) in [4.78, 5) is 37.7. The Bertz CT molecular complexity index is 1060. The van der Waals surface area contributed by atoms with Gasteiger partial charge in [0.15, 0.2) is 6.10 Å². The molecule has 30 heavy (non-hydrogen) atoms. The Morgan fingerprint density at radius 1 is 1.07 bits per heavy atom. The van der Waals surface area contributed by atoms with Crippen LogP contribution in [0.2, 0.25) is 0 Å². The maximum Gasteiger partial charge on any atom is 0.264 e. The number of nitrogens with one attached hydrogen (secondary N) is 1. The Balaban J connectivity index is 1.83. The van der Waals surface area contributed by atoms with Crippen LogP contribution in [0.1, 0.15) is 22.8 Å². The van der Waals surface area contributed by atoms with E-state index in [1.54, 1.807) is 31.2 Å². The third kappa shape index (κ3) is 5.03. The maximum absolute atomic E-state index is 13.1. The lowest BCUT2D eigenvalue weighted by Crippen LogP contribution is -2.44. The van der Waals surface area contributed by atoms with E-state index in [1.165, 1.54) is 11.9 Å². The molecule has 0 saturated carbocycles. The Morgan fingerprint density at radius 3 is 2.57 bits per heavy atom. The quantitative estimate of drug-likeness (QED) is 0.585. The van der Waals surface area contributed by atoms with Crippen molar-refractivity contribution in [1.82, 2.24) is 10.2 Å². The first-order chi connectivity index (χ1) is 14.5. The molecule has 0 fully saturated rings. The van der Waals surface area contributed by atoms with Crippen LogP contribution in [0.25, 0.3) is 10.8 Å². The number of ether oxygens (including phenoxy) is 1. The summed E-state index contributed by atoms with van der Waals surface area (Å²) in [6.45, 7) is 1.83. The smallest absolute Gasteiger partial charge is 0.264 e. The normalized spacial score (nSPS) is 11.5. The predicted octanol–water partition coefficient (Wildman–Crippen LogP) is 3.19. The zero-order chi connectivity index (χ0) is 21.5. The Hall–Kier alpha value is -3.67. The van der Waals surface area contributed by atoms with Gasteiger partial charge in [-0.3, -0.25) is 14.4 Å². The van der Waals surface area contributed by atoms with Crippen molar-refractivity contribution in [1.29, 1.82) is 0 Å². The van der Waals surface area contributed by atoms with Crippen LogP contribution in [0, 0.1) is 0 Å². The first-order valence-electron chi connectivity index (χ1n) is 9.69. The summed E-state index contributed by atoms with van der Waals surface area (Å²) in [6.07, 6.45) is -0.107. The Morgan fingerprint density at radius 2 is 1.80 bits per heavy atom. The largest absolute Gasteiger partial charge is 0.481 e. The number of amides is 2. The van der Waals surface area contributed by atoms with Crippen LogP contribution in [-0.4, -0.2) is 42.7 Å². The lowest BCUT2D eigenvalue weighted by Gasteiger charge is -2.26. The van der Waals surface area contributed by atoms with E-state index in [2.05, 4.69) is 5.32 Å². The van der Waals surface area contributed by atoms with Crippen LogP contribution >= 0.6 is 0 Å². The number of nitrogens with zero attached hydrogens (tertiary/aromatic N) is 1. The van der Waals surface area contributed by atoms with Gasteiger partial charge in [-0.1, -0.05) is 54.6 Å². The highest BCUT2D eigenvalue weighted by Crippen LogP contribution is 2.21. The zero-order valence-corrected chi connectivity index (χ0v) is 17.0. The summed E-state index contributed by atoms with van der Waals surface area (Å²) in [5, 5.41) is 4.66. The zero-order valence-electron chi connectivity index (χ0n) is 17.0. The standard InChI is InChI=1S/C24H24N2O4/c1-17(30-21-11-5-7-18(13-21)16-27)24(29)26(15-23(28)25-2)14-20-10-6-9-19-8-3-4-12-22(19)20/h3-13,16-17H,14-15H2,1-2H3,(H,25,28)/t17-/m0/s1. The van der Waals surface area contributed by atoms with Gasteiger partial charge in [0.2, 0.25) is 5.91 Å². The molecule has 154 valence electrons. The molecular weight excluding hydrogens is 380 g/mol. The van der Waals surface area contributed by atoms with E-state index in [-0.39, 0.29) is 24.9 Å². The summed E-state index contributed by atoms with van der Waals surface area (Å²) in [5.41, 5.74) is 1.41. The summed E-state index contributed by atoms with van der Waals surface area (Å²) < 4.78 is 5.76. The van der Waals surface area contributed by atoms with E-state index in [0.717, 1.165) is 22.6 Å². The minimum absolute atomic E-state index is 0.0827. The minimum Gasteiger partial charge on any atom is -0.481 e. The van der Waals surface area contributed by atoms with Gasteiger partial charge < -0.3 is 15.0 Å². The van der Waals surface area contributed by atoms with Gasteiger partial charge in [0.05, 0.1) is 6.54 Å². The molecule has 0 aliphatic carbocycles. The third-order valence-electron chi connectivity index (χ3n) is 4.82. The predicted molar refractivity (Wildman–Crippen MR) is 115 cm³/mol. The van der Waals surface area contributed by atoms with Crippen molar-refractivity contribution < 1.29 is 19.1 Å². The highest BCUT2D eigenvalue weighted by atomic mass is 16.5. The monoisotopic (exact) mass is 404 g/mol. The fraction of sp³-hybridized carbons (Fsp3) is 0.208. The molecule has 3 rings (SSSR count). The number of likely N-dealkylation sites (N-methyl/N-ethyl adjacent to an activating group) is 1. The first-order valence-corrected chi connectivity index (χ1v) is 9.69. The van der Waals surface area contributed by atoms with E-state index in [9.17, 15) is 14.4 Å². The third-order valence-corrected chi connectivity index (χ3v) is 4.82. The molecule has 1 atom stereocenters. The number of hydrogen-bond donors (Lipinski definition) is 1. The van der Waals surface area contributed by atoms with Gasteiger partial charge in [0.1, 0.15) is 12.0 Å². The second-order valence-corrected chi connectivity index (χ2v) is 6.96. The molecule has 0 unspecified atom stereocenters. The number of fused-ring (bicyclic) bond motifs is 1. The fourth-order valence-electron chi connectivity index (χ4n) is 3.27. The summed E-state index contributed by atoms with van der Waals surface area (Å²) in [5.74, 6) is -0.160. The van der Waals surface area contributed by atoms with Crippen LogP contribution in [-0.2, 0) is 16.1 Å². The van der Waals surface area contributed by atoms with Crippen molar-refractivity contribution in [2.75, 3.05) is 13.6 Å². The SMILES string of the molecule is CNC(=O)CN(Cc1cccc2ccccc12)C(=O)[C@H](C)Oc1cccc(C=O)c1. The second-order valence-electron chi connectivity index (χ2n) is 6.96. The first kappa shape index (κ1) is 21.0. The van der Waals surface area contributed by atoms with Crippen molar-refractivity contribution in [2.45, 2.75) is 19.6 Å². The topological polar surface area (TPSA) is 75.7 Å². The van der Waals surface area contributed by atoms with Crippen molar-refractivity contribution >= 4 is 28.9 Å². The molecule has 0 saturated heterocycles. The van der Waals surface area contributed by atoms with Crippen LogP contribution in [0.4, 0.5) is 0 Å². The van der Waals surface area contributed by atoms with Crippen LogP contribution in [0.15, 0.2) is 66.7 Å². The number of aldehydes is 1. The molecule has 0 radical (unpaired) electrons. The molecular formula is C24H24N2O4. The van der Waals surface area contributed by atoms with Crippen LogP contribution in [0.5, 0.6) is 5.75 Å². The van der Waals surface area contributed by atoms with Crippen molar-refractivity contribution in [3.63, 3.8) is 0 Å². The maximum atomic E-state index is 13.1. The van der Waals surface area contributed by atoms with E-state index in [4.69, 9.17) is 4.74 Å². The number of hydrogen-bond acceptors (Lipinski definition) is 4. The molecule has 0 bridgehead atoms. The molecule has 0 aliphatic rings. The molecule has 3 aromatic rings. The van der Waals surface area contributed by atoms with Gasteiger partial charge in [0.25, 0.3) is 5.91 Å². The van der Waals surface area contributed by atoms with Gasteiger partial charge in [-0.2, -0.15) is 0 Å². The highest BCUT2D eigenvalue weighted by Gasteiger charge is 2.24. The second kappa shape index (κ2) is 9.69. The minimum atomic E-state index is -0.827. The Kier molecular flexibility index (Phi) is 6.80. The van der Waals surface area contributed by atoms with Gasteiger partial charge >= 0.3 is 0 Å². The van der Waals surface area contributed by atoms with E-state index in [1.807, 2.05) is 42.5 Å². The molecule has 0 aliphatic heterocycles. The Labute approximate surface area is 175 Å². The van der Waals surface area contributed by atoms with Gasteiger partial charge in [-0.15, -0.1) is 0 Å². The van der Waals surface area contributed by atoms with E-state index < -0.39 is 6.10 Å². The summed E-state index contributed by atoms with van der Waals surface area (Å²) in [7, 11) is 1.54. The number of rotatable bonds is 8. The number of carbonyl (C=O) groups is 3. The lowest BCUT2D eigenvalue weighted by atomic mass is 10.0. The fourth-order valence-corrected chi connectivity index (χ4v) is 3.27. The molecule has 6 heteroatoms. The summed E-state index contributed by atoms with van der Waals surface area (Å²) >= 11 is 0. The molecule has 2 amide bonds. The van der Waals surface area contributed by atoms with Gasteiger partial charge in [-0.05, 0) is 35.4 Å². The average Bonchev–Trinajstić information content (AvgIpc) is 2.78. The van der Waals surface area contributed by atoms with E-state index in [0.29, 0.717) is 11.3 Å². The van der Waals surface area contributed by atoms with Crippen molar-refractivity contribution in [3.8, 4) is 5.75 Å². The molecule has 3 aromatic carbocycles. The number of carbonyl (C=O) groups excluding carboxylic acids is 3. The van der Waals surface area contributed by atoms with Gasteiger partial charge in [-0.25, -0.2) is 0 Å². The van der Waals surface area contributed by atoms with Crippen LogP contribution < -0.4 is 10.1 Å². The highest BCUT2D eigenvalue weighted by molar-refractivity contribution is 5.89. The van der Waals surface area contributed by atoms with E-state index >= 15 is 0 Å². The lowest BCUT2D eigenvalue weighted by molar-refractivity contribution is -0.141. The van der Waals surface area contributed by atoms with Gasteiger partial charge in [0, 0.05) is 19.2 Å². The molecule has 0 heterocycles. The van der Waals surface area contributed by atoms with Crippen molar-refractivity contribution in [3.05, 3.63) is 77.9 Å². The molecule has 0 spiro atoms.